The van der Waals surface area contributed by atoms with E-state index in [1.165, 1.54) is 14.2 Å². The van der Waals surface area contributed by atoms with Crippen molar-refractivity contribution in [1.82, 2.24) is 10.9 Å². The fourth-order valence-electron chi connectivity index (χ4n) is 2.29. The third kappa shape index (κ3) is 10.8. The fourth-order valence-corrected chi connectivity index (χ4v) is 2.29. The van der Waals surface area contributed by atoms with Gasteiger partial charge < -0.3 is 20.3 Å². The van der Waals surface area contributed by atoms with Gasteiger partial charge in [-0.2, -0.15) is 10.2 Å². The Bertz CT molecular complexity index is 892. The van der Waals surface area contributed by atoms with Gasteiger partial charge in [-0.3, -0.25) is 0 Å². The predicted octanol–water partition coefficient (Wildman–Crippen LogP) is 3.90. The van der Waals surface area contributed by atoms with Gasteiger partial charge in [0.15, 0.2) is 11.4 Å². The molecule has 8 nitrogen and oxygen atoms in total. The van der Waals surface area contributed by atoms with Crippen LogP contribution in [0.1, 0.15) is 52.7 Å². The summed E-state index contributed by atoms with van der Waals surface area (Å²) in [6.45, 7) is 11.8. The molecule has 0 aromatic heterocycles. The Labute approximate surface area is 202 Å². The van der Waals surface area contributed by atoms with Gasteiger partial charge in [-0.1, -0.05) is 60.7 Å². The molecule has 34 heavy (non-hydrogen) atoms. The number of nitrogens with zero attached hydrogens (tertiary/aromatic N) is 2. The number of hydrazone groups is 2. The van der Waals surface area contributed by atoms with E-state index in [1.54, 1.807) is 0 Å². The molecule has 2 N–H and O–H groups in total. The highest BCUT2D eigenvalue weighted by Crippen LogP contribution is 2.06. The predicted molar refractivity (Wildman–Crippen MR) is 136 cm³/mol. The van der Waals surface area contributed by atoms with Crippen LogP contribution in [0, 0.1) is 0 Å². The number of esters is 2. The molecule has 0 atom stereocenters. The Balaban J connectivity index is 0.000000340. The van der Waals surface area contributed by atoms with Gasteiger partial charge in [-0.25, -0.2) is 9.59 Å². The van der Waals surface area contributed by atoms with Crippen LogP contribution in [-0.2, 0) is 19.1 Å². The normalized spacial score (nSPS) is 12.1. The van der Waals surface area contributed by atoms with E-state index >= 15 is 0 Å². The summed E-state index contributed by atoms with van der Waals surface area (Å²) < 4.78 is 9.44. The highest BCUT2D eigenvalue weighted by Gasteiger charge is 2.17. The zero-order valence-corrected chi connectivity index (χ0v) is 21.3. The van der Waals surface area contributed by atoms with Gasteiger partial charge in [0.2, 0.25) is 0 Å². The summed E-state index contributed by atoms with van der Waals surface area (Å²) >= 11 is 0. The van der Waals surface area contributed by atoms with Crippen molar-refractivity contribution < 1.29 is 19.1 Å². The molecule has 0 radical (unpaired) electrons. The Kier molecular flexibility index (Phi) is 10.9. The minimum absolute atomic E-state index is 0.200. The number of nitrogens with one attached hydrogen (secondary N) is 2. The van der Waals surface area contributed by atoms with E-state index in [0.29, 0.717) is 0 Å². The van der Waals surface area contributed by atoms with Crippen LogP contribution in [0.4, 0.5) is 0 Å². The lowest BCUT2D eigenvalue weighted by atomic mass is 10.1. The van der Waals surface area contributed by atoms with Crippen LogP contribution in [0.3, 0.4) is 0 Å². The van der Waals surface area contributed by atoms with Crippen LogP contribution in [0.5, 0.6) is 0 Å². The molecule has 0 amide bonds. The molecule has 0 heterocycles. The SMILES string of the molecule is COC(=O)/C(=N/NC(C)(C)C)c1ccccc1.COC(=O)/C(=N\NC(C)(C)C)c1ccccc1. The topological polar surface area (TPSA) is 101 Å². The Morgan fingerprint density at radius 3 is 1.15 bits per heavy atom. The maximum Gasteiger partial charge on any atom is 0.359 e. The van der Waals surface area contributed by atoms with E-state index < -0.39 is 11.9 Å². The van der Waals surface area contributed by atoms with Crippen LogP contribution in [0.2, 0.25) is 0 Å². The molecule has 0 saturated heterocycles. The first-order chi connectivity index (χ1) is 15.9. The average molecular weight is 469 g/mol. The van der Waals surface area contributed by atoms with Crippen LogP contribution >= 0.6 is 0 Å². The summed E-state index contributed by atoms with van der Waals surface area (Å²) in [5, 5.41) is 8.26. The van der Waals surface area contributed by atoms with Crippen molar-refractivity contribution in [2.45, 2.75) is 52.6 Å². The molecule has 2 aromatic rings. The number of benzene rings is 2. The summed E-state index contributed by atoms with van der Waals surface area (Å²) in [7, 11) is 2.69. The molecule has 0 aliphatic rings. The van der Waals surface area contributed by atoms with Gasteiger partial charge in [0, 0.05) is 22.2 Å². The first kappa shape index (κ1) is 28.4. The van der Waals surface area contributed by atoms with Crippen LogP contribution in [0.25, 0.3) is 0 Å². The molecule has 2 rings (SSSR count). The number of carbonyl (C=O) groups is 2. The number of ether oxygens (including phenoxy) is 2. The van der Waals surface area contributed by atoms with E-state index in [1.807, 2.05) is 102 Å². The zero-order valence-electron chi connectivity index (χ0n) is 21.3. The Morgan fingerprint density at radius 2 is 0.912 bits per heavy atom. The first-order valence-corrected chi connectivity index (χ1v) is 10.8. The van der Waals surface area contributed by atoms with Crippen molar-refractivity contribution in [3.63, 3.8) is 0 Å². The lowest BCUT2D eigenvalue weighted by Gasteiger charge is -2.18. The molecular formula is C26H36N4O4. The summed E-state index contributed by atoms with van der Waals surface area (Å²) in [5.41, 5.74) is 7.47. The average Bonchev–Trinajstić information content (AvgIpc) is 2.79. The molecule has 2 aromatic carbocycles. The second kappa shape index (κ2) is 13.1. The lowest BCUT2D eigenvalue weighted by molar-refractivity contribution is -0.133. The fraction of sp³-hybridized carbons (Fsp3) is 0.385. The zero-order chi connectivity index (χ0) is 25.8. The third-order valence-corrected chi connectivity index (χ3v) is 3.86. The van der Waals surface area contributed by atoms with Crippen LogP contribution < -0.4 is 10.9 Å². The smallest absolute Gasteiger partial charge is 0.359 e. The van der Waals surface area contributed by atoms with Gasteiger partial charge in [-0.05, 0) is 41.5 Å². The highest BCUT2D eigenvalue weighted by atomic mass is 16.5. The molecule has 0 unspecified atom stereocenters. The summed E-state index contributed by atoms with van der Waals surface area (Å²) in [6.07, 6.45) is 0. The van der Waals surface area contributed by atoms with E-state index in [9.17, 15) is 9.59 Å². The molecule has 184 valence electrons. The van der Waals surface area contributed by atoms with Gasteiger partial charge in [0.25, 0.3) is 0 Å². The summed E-state index contributed by atoms with van der Waals surface area (Å²) in [5.74, 6) is -0.902. The second-order valence-corrected chi connectivity index (χ2v) is 9.36. The van der Waals surface area contributed by atoms with E-state index in [2.05, 4.69) is 21.1 Å². The Hall–Kier alpha value is -3.68. The summed E-state index contributed by atoms with van der Waals surface area (Å²) in [4.78, 5) is 23.3. The molecule has 0 spiro atoms. The Morgan fingerprint density at radius 1 is 0.618 bits per heavy atom. The van der Waals surface area contributed by atoms with Crippen LogP contribution in [0.15, 0.2) is 70.9 Å². The third-order valence-electron chi connectivity index (χ3n) is 3.86. The molecule has 8 heteroatoms. The van der Waals surface area contributed by atoms with Crippen molar-refractivity contribution in [3.8, 4) is 0 Å². The second-order valence-electron chi connectivity index (χ2n) is 9.36. The number of hydrogen-bond acceptors (Lipinski definition) is 8. The largest absolute Gasteiger partial charge is 0.464 e. The van der Waals surface area contributed by atoms with Crippen molar-refractivity contribution in [3.05, 3.63) is 71.8 Å². The highest BCUT2D eigenvalue weighted by molar-refractivity contribution is 6.43. The maximum atomic E-state index is 11.6. The number of carbonyl (C=O) groups excluding carboxylic acids is 2. The minimum atomic E-state index is -0.451. The summed E-state index contributed by atoms with van der Waals surface area (Å²) in [6, 6.07) is 18.5. The number of methoxy groups -OCH3 is 2. The quantitative estimate of drug-likeness (QED) is 0.379. The lowest BCUT2D eigenvalue weighted by Crippen LogP contribution is -2.34. The number of rotatable bonds is 6. The van der Waals surface area contributed by atoms with E-state index in [4.69, 9.17) is 9.47 Å². The minimum Gasteiger partial charge on any atom is -0.464 e. The monoisotopic (exact) mass is 468 g/mol. The first-order valence-electron chi connectivity index (χ1n) is 10.8. The van der Waals surface area contributed by atoms with Crippen molar-refractivity contribution in [1.29, 1.82) is 0 Å². The van der Waals surface area contributed by atoms with Gasteiger partial charge in [-0.15, -0.1) is 0 Å². The van der Waals surface area contributed by atoms with Gasteiger partial charge in [0.1, 0.15) is 0 Å². The standard InChI is InChI=1S/2C13H18N2O2/c2*1-13(2,3)15-14-11(12(16)17-4)10-8-6-5-7-9-10/h2*5-9,15H,1-4H3/b14-11+;14-11-. The van der Waals surface area contributed by atoms with Crippen LogP contribution in [-0.4, -0.2) is 48.7 Å². The molecule has 0 saturated carbocycles. The number of hydrogen-bond donors (Lipinski definition) is 2. The maximum absolute atomic E-state index is 11.6. The van der Waals surface area contributed by atoms with Crippen molar-refractivity contribution >= 4 is 23.4 Å². The van der Waals surface area contributed by atoms with Crippen molar-refractivity contribution in [2.24, 2.45) is 10.2 Å². The van der Waals surface area contributed by atoms with Crippen molar-refractivity contribution in [2.75, 3.05) is 14.2 Å². The van der Waals surface area contributed by atoms with Gasteiger partial charge >= 0.3 is 11.9 Å². The van der Waals surface area contributed by atoms with E-state index in [0.717, 1.165) is 11.1 Å². The molecular weight excluding hydrogens is 432 g/mol. The molecule has 0 fully saturated rings. The molecule has 0 aliphatic carbocycles. The molecule has 0 aliphatic heterocycles. The van der Waals surface area contributed by atoms with Gasteiger partial charge in [0.05, 0.1) is 14.2 Å². The van der Waals surface area contributed by atoms with E-state index in [-0.39, 0.29) is 22.5 Å². The molecule has 0 bridgehead atoms.